The van der Waals surface area contributed by atoms with Crippen molar-refractivity contribution in [3.8, 4) is 0 Å². The molecule has 3 rings (SSSR count). The van der Waals surface area contributed by atoms with E-state index in [1.54, 1.807) is 0 Å². The molecule has 0 saturated carbocycles. The number of carbonyl (C=O) groups is 1. The molecular weight excluding hydrogens is 324 g/mol. The average molecular weight is 352 g/mol. The summed E-state index contributed by atoms with van der Waals surface area (Å²) in [6.07, 6.45) is 0. The van der Waals surface area contributed by atoms with E-state index in [1.165, 1.54) is 11.3 Å². The second-order valence-electron chi connectivity index (χ2n) is 6.96. The maximum Gasteiger partial charge on any atom is 0.239 e. The van der Waals surface area contributed by atoms with Crippen LogP contribution in [0, 0.1) is 6.92 Å². The van der Waals surface area contributed by atoms with Gasteiger partial charge in [-0.1, -0.05) is 29.8 Å². The van der Waals surface area contributed by atoms with Crippen LogP contribution in [-0.2, 0) is 11.3 Å². The van der Waals surface area contributed by atoms with E-state index in [0.29, 0.717) is 6.54 Å². The fourth-order valence-electron chi connectivity index (χ4n) is 3.12. The molecule has 0 aromatic heterocycles. The quantitative estimate of drug-likeness (QED) is 0.839. The smallest absolute Gasteiger partial charge is 0.239 e. The molecule has 5 heteroatoms. The fourth-order valence-corrected chi connectivity index (χ4v) is 3.12. The molecule has 138 valence electrons. The van der Waals surface area contributed by atoms with Gasteiger partial charge in [-0.3, -0.25) is 4.79 Å². The van der Waals surface area contributed by atoms with Crippen LogP contribution in [0.5, 0.6) is 0 Å². The summed E-state index contributed by atoms with van der Waals surface area (Å²) in [6, 6.07) is 16.5. The van der Waals surface area contributed by atoms with Gasteiger partial charge in [0.2, 0.25) is 5.91 Å². The summed E-state index contributed by atoms with van der Waals surface area (Å²) in [5.41, 5.74) is 4.53. The highest BCUT2D eigenvalue weighted by atomic mass is 16.1. The second-order valence-corrected chi connectivity index (χ2v) is 6.96. The summed E-state index contributed by atoms with van der Waals surface area (Å²) in [5.74, 6) is -0.00495. The van der Waals surface area contributed by atoms with Gasteiger partial charge in [-0.05, 0) is 43.8 Å². The van der Waals surface area contributed by atoms with Crippen molar-refractivity contribution in [3.05, 3.63) is 59.7 Å². The largest absolute Gasteiger partial charge is 0.376 e. The number of benzene rings is 2. The zero-order valence-corrected chi connectivity index (χ0v) is 15.7. The molecule has 0 spiro atoms. The molecule has 0 atom stereocenters. The standard InChI is InChI=1S/C21H28N4O/c1-17-4-3-5-18(14-17)15-23-21(26)16-22-19-6-8-20(9-7-19)25-12-10-24(2)11-13-25/h3-9,14,22H,10-13,15-16H2,1-2H3,(H,23,26). The van der Waals surface area contributed by atoms with Crippen LogP contribution in [0.3, 0.4) is 0 Å². The predicted octanol–water partition coefficient (Wildman–Crippen LogP) is 2.48. The monoisotopic (exact) mass is 352 g/mol. The Hall–Kier alpha value is -2.53. The highest BCUT2D eigenvalue weighted by Gasteiger charge is 2.13. The van der Waals surface area contributed by atoms with E-state index in [4.69, 9.17) is 0 Å². The molecular formula is C21H28N4O. The second kappa shape index (κ2) is 8.72. The van der Waals surface area contributed by atoms with Crippen LogP contribution < -0.4 is 15.5 Å². The van der Waals surface area contributed by atoms with Crippen molar-refractivity contribution in [1.82, 2.24) is 10.2 Å². The first-order valence-electron chi connectivity index (χ1n) is 9.20. The van der Waals surface area contributed by atoms with E-state index >= 15 is 0 Å². The van der Waals surface area contributed by atoms with Gasteiger partial charge in [-0.25, -0.2) is 0 Å². The number of hydrogen-bond donors (Lipinski definition) is 2. The third-order valence-corrected chi connectivity index (χ3v) is 4.76. The summed E-state index contributed by atoms with van der Waals surface area (Å²) < 4.78 is 0. The van der Waals surface area contributed by atoms with Crippen LogP contribution in [0.2, 0.25) is 0 Å². The van der Waals surface area contributed by atoms with Gasteiger partial charge in [0, 0.05) is 44.1 Å². The number of likely N-dealkylation sites (N-methyl/N-ethyl adjacent to an activating group) is 1. The Bertz CT molecular complexity index is 721. The molecule has 26 heavy (non-hydrogen) atoms. The van der Waals surface area contributed by atoms with E-state index in [1.807, 2.05) is 24.3 Å². The Balaban J connectivity index is 1.43. The molecule has 1 saturated heterocycles. The topological polar surface area (TPSA) is 47.6 Å². The first-order valence-corrected chi connectivity index (χ1v) is 9.20. The lowest BCUT2D eigenvalue weighted by Gasteiger charge is -2.34. The van der Waals surface area contributed by atoms with Crippen LogP contribution in [0.15, 0.2) is 48.5 Å². The van der Waals surface area contributed by atoms with Crippen LogP contribution in [0.1, 0.15) is 11.1 Å². The van der Waals surface area contributed by atoms with Gasteiger partial charge in [0.15, 0.2) is 0 Å². The normalized spacial score (nSPS) is 14.9. The maximum absolute atomic E-state index is 12.0. The minimum atomic E-state index is -0.00495. The van der Waals surface area contributed by atoms with Gasteiger partial charge in [-0.2, -0.15) is 0 Å². The van der Waals surface area contributed by atoms with E-state index in [2.05, 4.69) is 58.7 Å². The zero-order valence-electron chi connectivity index (χ0n) is 15.7. The number of anilines is 2. The SMILES string of the molecule is Cc1cccc(CNC(=O)CNc2ccc(N3CCN(C)CC3)cc2)c1. The van der Waals surface area contributed by atoms with Gasteiger partial charge in [0.05, 0.1) is 6.54 Å². The van der Waals surface area contributed by atoms with Gasteiger partial charge in [0.1, 0.15) is 0 Å². The van der Waals surface area contributed by atoms with Crippen molar-refractivity contribution in [3.63, 3.8) is 0 Å². The summed E-state index contributed by atoms with van der Waals surface area (Å²) in [5, 5.41) is 6.14. The molecule has 1 heterocycles. The Morgan fingerprint density at radius 1 is 1.04 bits per heavy atom. The van der Waals surface area contributed by atoms with Gasteiger partial charge < -0.3 is 20.4 Å². The Kier molecular flexibility index (Phi) is 6.12. The molecule has 0 radical (unpaired) electrons. The summed E-state index contributed by atoms with van der Waals surface area (Å²) in [7, 11) is 2.16. The molecule has 1 fully saturated rings. The van der Waals surface area contributed by atoms with E-state index in [-0.39, 0.29) is 12.5 Å². The highest BCUT2D eigenvalue weighted by molar-refractivity contribution is 5.80. The van der Waals surface area contributed by atoms with Crippen LogP contribution in [-0.4, -0.2) is 50.6 Å². The third kappa shape index (κ3) is 5.23. The van der Waals surface area contributed by atoms with Gasteiger partial charge in [-0.15, -0.1) is 0 Å². The van der Waals surface area contributed by atoms with Crippen molar-refractivity contribution in [2.45, 2.75) is 13.5 Å². The molecule has 1 amide bonds. The molecule has 0 unspecified atom stereocenters. The molecule has 0 bridgehead atoms. The van der Waals surface area contributed by atoms with Crippen LogP contribution in [0.25, 0.3) is 0 Å². The molecule has 5 nitrogen and oxygen atoms in total. The molecule has 2 aromatic carbocycles. The number of rotatable bonds is 6. The number of aryl methyl sites for hydroxylation is 1. The van der Waals surface area contributed by atoms with Crippen LogP contribution >= 0.6 is 0 Å². The van der Waals surface area contributed by atoms with E-state index in [0.717, 1.165) is 37.4 Å². The lowest BCUT2D eigenvalue weighted by Crippen LogP contribution is -2.44. The first kappa shape index (κ1) is 18.3. The number of hydrogen-bond acceptors (Lipinski definition) is 4. The summed E-state index contributed by atoms with van der Waals surface area (Å²) in [6.45, 7) is 7.21. The number of piperazine rings is 1. The van der Waals surface area contributed by atoms with Crippen molar-refractivity contribution in [2.75, 3.05) is 50.0 Å². The Morgan fingerprint density at radius 2 is 1.77 bits per heavy atom. The average Bonchev–Trinajstić information content (AvgIpc) is 2.66. The third-order valence-electron chi connectivity index (χ3n) is 4.76. The fraction of sp³-hybridized carbons (Fsp3) is 0.381. The molecule has 2 N–H and O–H groups in total. The first-order chi connectivity index (χ1) is 12.6. The highest BCUT2D eigenvalue weighted by Crippen LogP contribution is 2.19. The molecule has 1 aliphatic heterocycles. The summed E-state index contributed by atoms with van der Waals surface area (Å²) in [4.78, 5) is 16.8. The molecule has 2 aromatic rings. The Morgan fingerprint density at radius 3 is 2.46 bits per heavy atom. The lowest BCUT2D eigenvalue weighted by atomic mass is 10.1. The zero-order chi connectivity index (χ0) is 18.4. The van der Waals surface area contributed by atoms with Crippen molar-refractivity contribution < 1.29 is 4.79 Å². The minimum absolute atomic E-state index is 0.00495. The molecule has 1 aliphatic rings. The predicted molar refractivity (Wildman–Crippen MR) is 108 cm³/mol. The van der Waals surface area contributed by atoms with Gasteiger partial charge >= 0.3 is 0 Å². The van der Waals surface area contributed by atoms with E-state index in [9.17, 15) is 4.79 Å². The number of carbonyl (C=O) groups excluding carboxylic acids is 1. The lowest BCUT2D eigenvalue weighted by molar-refractivity contribution is -0.119. The van der Waals surface area contributed by atoms with Crippen molar-refractivity contribution in [2.24, 2.45) is 0 Å². The van der Waals surface area contributed by atoms with Crippen LogP contribution in [0.4, 0.5) is 11.4 Å². The van der Waals surface area contributed by atoms with Crippen molar-refractivity contribution >= 4 is 17.3 Å². The molecule has 0 aliphatic carbocycles. The van der Waals surface area contributed by atoms with E-state index < -0.39 is 0 Å². The number of amides is 1. The van der Waals surface area contributed by atoms with Crippen molar-refractivity contribution in [1.29, 1.82) is 0 Å². The number of nitrogens with one attached hydrogen (secondary N) is 2. The van der Waals surface area contributed by atoms with Gasteiger partial charge in [0.25, 0.3) is 0 Å². The summed E-state index contributed by atoms with van der Waals surface area (Å²) >= 11 is 0. The minimum Gasteiger partial charge on any atom is -0.376 e. The maximum atomic E-state index is 12.0. The number of nitrogens with zero attached hydrogens (tertiary/aromatic N) is 2. The Labute approximate surface area is 156 Å².